The van der Waals surface area contributed by atoms with Gasteiger partial charge in [-0.3, -0.25) is 34.3 Å². The number of hydrogen-bond acceptors (Lipinski definition) is 9. The summed E-state index contributed by atoms with van der Waals surface area (Å²) >= 11 is 5.68. The average Bonchev–Trinajstić information content (AvgIpc) is 3.35. The van der Waals surface area contributed by atoms with Gasteiger partial charge in [-0.25, -0.2) is 0 Å². The lowest BCUT2D eigenvalue weighted by atomic mass is 9.89. The number of imide groups is 1. The normalized spacial score (nSPS) is 24.2. The molecule has 20 heteroatoms. The molecule has 1 saturated carbocycles. The fourth-order valence-corrected chi connectivity index (χ4v) is 9.00. The molecule has 0 radical (unpaired) electrons. The second-order valence-electron chi connectivity index (χ2n) is 15.8. The van der Waals surface area contributed by atoms with E-state index in [2.05, 4.69) is 10.6 Å². The van der Waals surface area contributed by atoms with Crippen LogP contribution < -0.4 is 15.5 Å². The molecule has 0 spiro atoms. The SMILES string of the molecule is CC1(C)C(=O)N(c2ccc(C#N)c(C(F)(F)F)c2)C(=S)N1C1CCC(OCCCN2CCN(CC(=O)Nc3ccc(C4CCC(=O)NC4=O)cc3)[C@@H](C(F)(F)F)C2)CC1.Cl. The third-order valence-corrected chi connectivity index (χ3v) is 11.9. The smallest absolute Gasteiger partial charge is 0.378 e. The highest BCUT2D eigenvalue weighted by molar-refractivity contribution is 7.80. The first-order valence-corrected chi connectivity index (χ1v) is 19.9. The highest BCUT2D eigenvalue weighted by Crippen LogP contribution is 2.41. The van der Waals surface area contributed by atoms with Crippen LogP contribution in [0.1, 0.15) is 81.4 Å². The molecule has 1 unspecified atom stereocenters. The van der Waals surface area contributed by atoms with E-state index in [0.29, 0.717) is 69.5 Å². The number of nitrogens with one attached hydrogen (secondary N) is 2. The van der Waals surface area contributed by atoms with E-state index in [4.69, 9.17) is 17.0 Å². The minimum atomic E-state index is -4.81. The number of rotatable bonds is 11. The summed E-state index contributed by atoms with van der Waals surface area (Å²) < 4.78 is 89.9. The van der Waals surface area contributed by atoms with Gasteiger partial charge in [0, 0.05) is 50.9 Å². The molecule has 4 aliphatic rings. The van der Waals surface area contributed by atoms with Gasteiger partial charge in [0.15, 0.2) is 5.11 Å². The van der Waals surface area contributed by atoms with Gasteiger partial charge in [0.05, 0.1) is 41.5 Å². The highest BCUT2D eigenvalue weighted by Gasteiger charge is 2.53. The third kappa shape index (κ3) is 10.4. The minimum absolute atomic E-state index is 0. The van der Waals surface area contributed by atoms with Gasteiger partial charge in [0.25, 0.3) is 5.91 Å². The number of carbonyl (C=O) groups excluding carboxylic acids is 4. The molecule has 2 atom stereocenters. The number of anilines is 2. The molecule has 2 aromatic rings. The quantitative estimate of drug-likeness (QED) is 0.117. The molecule has 4 amide bonds. The minimum Gasteiger partial charge on any atom is -0.378 e. The maximum Gasteiger partial charge on any atom is 0.417 e. The maximum absolute atomic E-state index is 14.2. The van der Waals surface area contributed by atoms with Crippen LogP contribution >= 0.6 is 24.6 Å². The number of hydrogen-bond donors (Lipinski definition) is 2. The molecule has 1 aliphatic carbocycles. The standard InChI is InChI=1S/C40H45F6N7O5S.ClH/c1-38(2)36(57)52(28-9-6-25(21-47)31(20-28)39(41,42)43)37(59)53(38)27-10-12-29(13-11-27)58-19-3-16-50-17-18-51(32(22-50)40(44,45)46)23-34(55)48-26-7-4-24(5-8-26)30-14-15-33(54)49-35(30)56;/h4-9,20,27,29-30,32H,3,10-19,22-23H2,1-2H3,(H,48,55)(H,49,54,56);1H/t27?,29?,30?,32-;/m1./s1. The van der Waals surface area contributed by atoms with Gasteiger partial charge in [-0.05, 0) is 100 Å². The molecule has 3 aliphatic heterocycles. The molecule has 6 rings (SSSR count). The van der Waals surface area contributed by atoms with Gasteiger partial charge < -0.3 is 19.9 Å². The monoisotopic (exact) mass is 885 g/mol. The summed E-state index contributed by atoms with van der Waals surface area (Å²) in [6.45, 7) is 3.61. The van der Waals surface area contributed by atoms with Crippen molar-refractivity contribution in [2.45, 2.75) is 101 Å². The lowest BCUT2D eigenvalue weighted by Crippen LogP contribution is -2.60. The molecule has 2 aromatic carbocycles. The summed E-state index contributed by atoms with van der Waals surface area (Å²) in [5.41, 5.74) is -1.89. The summed E-state index contributed by atoms with van der Waals surface area (Å²) in [6.07, 6.45) is -6.03. The Hall–Kier alpha value is -4.35. The Balaban J connectivity index is 0.00000683. The average molecular weight is 886 g/mol. The van der Waals surface area contributed by atoms with Crippen LogP contribution in [0.25, 0.3) is 0 Å². The fraction of sp³-hybridized carbons (Fsp3) is 0.550. The van der Waals surface area contributed by atoms with E-state index in [9.17, 15) is 50.8 Å². The van der Waals surface area contributed by atoms with Crippen LogP contribution in [0, 0.1) is 11.3 Å². The number of halogens is 7. The van der Waals surface area contributed by atoms with E-state index >= 15 is 0 Å². The highest BCUT2D eigenvalue weighted by atomic mass is 35.5. The fourth-order valence-electron chi connectivity index (χ4n) is 8.44. The van der Waals surface area contributed by atoms with Gasteiger partial charge in [0.2, 0.25) is 17.7 Å². The summed E-state index contributed by atoms with van der Waals surface area (Å²) in [6, 6.07) is 9.02. The zero-order chi connectivity index (χ0) is 42.9. The number of piperidine rings is 1. The number of piperazine rings is 1. The van der Waals surface area contributed by atoms with Crippen LogP contribution in [-0.4, -0.2) is 113 Å². The molecule has 3 heterocycles. The van der Waals surface area contributed by atoms with Crippen molar-refractivity contribution in [3.63, 3.8) is 0 Å². The topological polar surface area (TPSA) is 138 Å². The second kappa shape index (κ2) is 18.7. The summed E-state index contributed by atoms with van der Waals surface area (Å²) in [5.74, 6) is -2.31. The van der Waals surface area contributed by atoms with Crippen molar-refractivity contribution in [3.05, 3.63) is 59.2 Å². The van der Waals surface area contributed by atoms with E-state index in [1.165, 1.54) is 12.1 Å². The van der Waals surface area contributed by atoms with Crippen molar-refractivity contribution in [1.29, 1.82) is 5.26 Å². The Morgan fingerprint density at radius 2 is 1.68 bits per heavy atom. The van der Waals surface area contributed by atoms with Gasteiger partial charge in [-0.15, -0.1) is 12.4 Å². The number of thiocarbonyl (C=S) groups is 1. The van der Waals surface area contributed by atoms with E-state index in [1.54, 1.807) is 47.9 Å². The molecule has 3 saturated heterocycles. The summed E-state index contributed by atoms with van der Waals surface area (Å²) in [4.78, 5) is 55.7. The van der Waals surface area contributed by atoms with Gasteiger partial charge in [-0.1, -0.05) is 12.1 Å². The summed E-state index contributed by atoms with van der Waals surface area (Å²) in [5, 5.41) is 14.2. The van der Waals surface area contributed by atoms with E-state index in [1.807, 2.05) is 0 Å². The molecular weight excluding hydrogens is 840 g/mol. The van der Waals surface area contributed by atoms with Crippen molar-refractivity contribution in [1.82, 2.24) is 20.0 Å². The second-order valence-corrected chi connectivity index (χ2v) is 16.2. The van der Waals surface area contributed by atoms with Gasteiger partial charge in [0.1, 0.15) is 11.6 Å². The predicted molar refractivity (Wildman–Crippen MR) is 214 cm³/mol. The van der Waals surface area contributed by atoms with Crippen LogP contribution in [-0.2, 0) is 30.1 Å². The Morgan fingerprint density at radius 1 is 1.00 bits per heavy atom. The van der Waals surface area contributed by atoms with Crippen molar-refractivity contribution < 1.29 is 50.3 Å². The Bertz CT molecular complexity index is 1990. The molecule has 2 N–H and O–H groups in total. The molecule has 60 heavy (non-hydrogen) atoms. The van der Waals surface area contributed by atoms with E-state index in [-0.39, 0.29) is 60.8 Å². The molecule has 12 nitrogen and oxygen atoms in total. The zero-order valence-corrected chi connectivity index (χ0v) is 34.5. The lowest BCUT2D eigenvalue weighted by Gasteiger charge is -2.42. The predicted octanol–water partition coefficient (Wildman–Crippen LogP) is 6.14. The maximum atomic E-state index is 14.2. The Kier molecular flexibility index (Phi) is 14.6. The first-order valence-electron chi connectivity index (χ1n) is 19.5. The van der Waals surface area contributed by atoms with Crippen LogP contribution in [0.5, 0.6) is 0 Å². The number of benzene rings is 2. The first kappa shape index (κ1) is 46.7. The number of carbonyl (C=O) groups is 4. The van der Waals surface area contributed by atoms with Crippen LogP contribution in [0.2, 0.25) is 0 Å². The molecule has 4 fully saturated rings. The Labute approximate surface area is 354 Å². The molecule has 326 valence electrons. The van der Waals surface area contributed by atoms with Gasteiger partial charge >= 0.3 is 12.4 Å². The van der Waals surface area contributed by atoms with E-state index in [0.717, 1.165) is 21.9 Å². The number of amides is 4. The van der Waals surface area contributed by atoms with Crippen molar-refractivity contribution in [3.8, 4) is 6.07 Å². The third-order valence-electron chi connectivity index (χ3n) is 11.5. The molecule has 0 aromatic heterocycles. The van der Waals surface area contributed by atoms with Crippen molar-refractivity contribution in [2.24, 2.45) is 0 Å². The van der Waals surface area contributed by atoms with Crippen LogP contribution in [0.3, 0.4) is 0 Å². The Morgan fingerprint density at radius 3 is 2.30 bits per heavy atom. The van der Waals surface area contributed by atoms with E-state index < -0.39 is 65.2 Å². The largest absolute Gasteiger partial charge is 0.417 e. The van der Waals surface area contributed by atoms with Crippen molar-refractivity contribution in [2.75, 3.05) is 49.5 Å². The van der Waals surface area contributed by atoms with Gasteiger partial charge in [-0.2, -0.15) is 31.6 Å². The molecular formula is C40H46ClF6N7O5S. The molecule has 0 bridgehead atoms. The first-order chi connectivity index (χ1) is 27.8. The van der Waals surface area contributed by atoms with Crippen molar-refractivity contribution >= 4 is 64.7 Å². The number of alkyl halides is 6. The lowest BCUT2D eigenvalue weighted by molar-refractivity contribution is -0.197. The van der Waals surface area contributed by atoms with Crippen LogP contribution in [0.4, 0.5) is 37.7 Å². The van der Waals surface area contributed by atoms with Crippen LogP contribution in [0.15, 0.2) is 42.5 Å². The number of ether oxygens (including phenoxy) is 1. The zero-order valence-electron chi connectivity index (χ0n) is 32.9. The summed E-state index contributed by atoms with van der Waals surface area (Å²) in [7, 11) is 0. The number of nitriles is 1. The number of nitrogens with zero attached hydrogens (tertiary/aromatic N) is 5.